The molecular formula is C14H16N2OS. The Labute approximate surface area is 111 Å². The van der Waals surface area contributed by atoms with Crippen LogP contribution in [0.15, 0.2) is 46.6 Å². The molecule has 0 aliphatic carbocycles. The number of aryl methyl sites for hydroxylation is 1. The molecule has 0 saturated heterocycles. The number of aliphatic hydroxyl groups excluding tert-OH is 1. The van der Waals surface area contributed by atoms with Crippen LogP contribution in [0.25, 0.3) is 0 Å². The van der Waals surface area contributed by atoms with Gasteiger partial charge in [-0.05, 0) is 42.8 Å². The fourth-order valence-electron chi connectivity index (χ4n) is 1.64. The molecule has 0 spiro atoms. The number of aromatic nitrogens is 2. The van der Waals surface area contributed by atoms with E-state index in [4.69, 9.17) is 0 Å². The fourth-order valence-corrected chi connectivity index (χ4v) is 2.61. The molecule has 94 valence electrons. The van der Waals surface area contributed by atoms with Gasteiger partial charge < -0.3 is 5.11 Å². The van der Waals surface area contributed by atoms with Gasteiger partial charge in [-0.25, -0.2) is 9.97 Å². The second-order valence-electron chi connectivity index (χ2n) is 4.04. The maximum atomic E-state index is 9.99. The van der Waals surface area contributed by atoms with E-state index >= 15 is 0 Å². The van der Waals surface area contributed by atoms with E-state index in [9.17, 15) is 5.11 Å². The summed E-state index contributed by atoms with van der Waals surface area (Å²) in [5, 5.41) is 10.7. The number of rotatable bonds is 4. The summed E-state index contributed by atoms with van der Waals surface area (Å²) in [6.07, 6.45) is 2.02. The second kappa shape index (κ2) is 5.98. The third kappa shape index (κ3) is 3.09. The van der Waals surface area contributed by atoms with E-state index in [0.717, 1.165) is 16.2 Å². The van der Waals surface area contributed by atoms with Gasteiger partial charge in [0.25, 0.3) is 0 Å². The Bertz CT molecular complexity index is 531. The summed E-state index contributed by atoms with van der Waals surface area (Å²) >= 11 is 1.49. The van der Waals surface area contributed by atoms with E-state index in [0.29, 0.717) is 11.6 Å². The van der Waals surface area contributed by atoms with Gasteiger partial charge in [0.2, 0.25) is 0 Å². The van der Waals surface area contributed by atoms with Crippen molar-refractivity contribution < 1.29 is 5.11 Å². The Hall–Kier alpha value is -1.39. The smallest absolute Gasteiger partial charge is 0.192 e. The third-order valence-corrected chi connectivity index (χ3v) is 3.61. The average molecular weight is 260 g/mol. The maximum absolute atomic E-state index is 9.99. The van der Waals surface area contributed by atoms with Crippen LogP contribution in [0.4, 0.5) is 0 Å². The highest BCUT2D eigenvalue weighted by atomic mass is 32.2. The van der Waals surface area contributed by atoms with Gasteiger partial charge in [0.05, 0.1) is 6.10 Å². The summed E-state index contributed by atoms with van der Waals surface area (Å²) in [4.78, 5) is 9.61. The van der Waals surface area contributed by atoms with Crippen LogP contribution in [0, 0.1) is 6.92 Å². The molecule has 1 heterocycles. The molecule has 1 N–H and O–H groups in total. The van der Waals surface area contributed by atoms with Gasteiger partial charge in [-0.1, -0.05) is 25.1 Å². The molecule has 0 radical (unpaired) electrons. The van der Waals surface area contributed by atoms with Crippen molar-refractivity contribution in [3.8, 4) is 0 Å². The van der Waals surface area contributed by atoms with Crippen molar-refractivity contribution in [1.29, 1.82) is 0 Å². The molecule has 0 amide bonds. The Morgan fingerprint density at radius 1 is 1.28 bits per heavy atom. The molecule has 1 atom stereocenters. The normalized spacial score (nSPS) is 12.4. The summed E-state index contributed by atoms with van der Waals surface area (Å²) < 4.78 is 0. The van der Waals surface area contributed by atoms with Crippen LogP contribution >= 0.6 is 11.8 Å². The molecule has 0 aliphatic heterocycles. The van der Waals surface area contributed by atoms with Gasteiger partial charge in [0.15, 0.2) is 5.16 Å². The molecule has 0 fully saturated rings. The highest BCUT2D eigenvalue weighted by molar-refractivity contribution is 7.99. The average Bonchev–Trinajstić information content (AvgIpc) is 2.38. The summed E-state index contributed by atoms with van der Waals surface area (Å²) in [6, 6.07) is 9.72. The van der Waals surface area contributed by atoms with Crippen molar-refractivity contribution in [3.63, 3.8) is 0 Å². The van der Waals surface area contributed by atoms with E-state index in [1.54, 1.807) is 6.20 Å². The van der Waals surface area contributed by atoms with Crippen LogP contribution in [0.2, 0.25) is 0 Å². The first kappa shape index (κ1) is 13.1. The Morgan fingerprint density at radius 2 is 2.06 bits per heavy atom. The lowest BCUT2D eigenvalue weighted by atomic mass is 10.1. The van der Waals surface area contributed by atoms with Crippen LogP contribution in [-0.4, -0.2) is 15.1 Å². The van der Waals surface area contributed by atoms with Crippen molar-refractivity contribution in [2.75, 3.05) is 0 Å². The van der Waals surface area contributed by atoms with E-state index in [2.05, 4.69) is 9.97 Å². The first-order valence-electron chi connectivity index (χ1n) is 5.95. The molecule has 0 aliphatic rings. The van der Waals surface area contributed by atoms with Crippen molar-refractivity contribution in [2.24, 2.45) is 0 Å². The van der Waals surface area contributed by atoms with Crippen molar-refractivity contribution in [1.82, 2.24) is 9.97 Å². The topological polar surface area (TPSA) is 46.0 Å². The zero-order valence-corrected chi connectivity index (χ0v) is 11.3. The predicted octanol–water partition coefficient (Wildman–Crippen LogP) is 3.38. The molecule has 3 nitrogen and oxygen atoms in total. The van der Waals surface area contributed by atoms with E-state index in [1.165, 1.54) is 11.8 Å². The SMILES string of the molecule is CCC(O)c1ccccc1Sc1nccc(C)n1. The molecule has 0 bridgehead atoms. The molecule has 0 saturated carbocycles. The lowest BCUT2D eigenvalue weighted by Crippen LogP contribution is -1.98. The maximum Gasteiger partial charge on any atom is 0.192 e. The summed E-state index contributed by atoms with van der Waals surface area (Å²) in [7, 11) is 0. The van der Waals surface area contributed by atoms with Crippen LogP contribution < -0.4 is 0 Å². The molecule has 2 rings (SSSR count). The van der Waals surface area contributed by atoms with Gasteiger partial charge in [0, 0.05) is 16.8 Å². The third-order valence-electron chi connectivity index (χ3n) is 2.64. The van der Waals surface area contributed by atoms with Crippen LogP contribution in [-0.2, 0) is 0 Å². The van der Waals surface area contributed by atoms with Gasteiger partial charge >= 0.3 is 0 Å². The minimum atomic E-state index is -0.432. The molecule has 2 aromatic rings. The lowest BCUT2D eigenvalue weighted by molar-refractivity contribution is 0.171. The minimum Gasteiger partial charge on any atom is -0.388 e. The van der Waals surface area contributed by atoms with Crippen LogP contribution in [0.1, 0.15) is 30.7 Å². The number of hydrogen-bond acceptors (Lipinski definition) is 4. The number of hydrogen-bond donors (Lipinski definition) is 1. The van der Waals surface area contributed by atoms with Gasteiger partial charge in [-0.15, -0.1) is 0 Å². The number of benzene rings is 1. The lowest BCUT2D eigenvalue weighted by Gasteiger charge is -2.12. The second-order valence-corrected chi connectivity index (χ2v) is 5.05. The highest BCUT2D eigenvalue weighted by Gasteiger charge is 2.11. The quantitative estimate of drug-likeness (QED) is 0.856. The monoisotopic (exact) mass is 260 g/mol. The van der Waals surface area contributed by atoms with Gasteiger partial charge in [-0.2, -0.15) is 0 Å². The molecule has 18 heavy (non-hydrogen) atoms. The number of aliphatic hydroxyl groups is 1. The van der Waals surface area contributed by atoms with E-state index in [-0.39, 0.29) is 0 Å². The van der Waals surface area contributed by atoms with Gasteiger partial charge in [0.1, 0.15) is 0 Å². The predicted molar refractivity (Wildman–Crippen MR) is 72.6 cm³/mol. The molecular weight excluding hydrogens is 244 g/mol. The summed E-state index contributed by atoms with van der Waals surface area (Å²) in [5.74, 6) is 0. The number of nitrogens with zero attached hydrogens (tertiary/aromatic N) is 2. The standard InChI is InChI=1S/C14H16N2OS/c1-3-12(17)11-6-4-5-7-13(11)18-14-15-9-8-10(2)16-14/h4-9,12,17H,3H2,1-2H3. The van der Waals surface area contributed by atoms with Crippen molar-refractivity contribution in [2.45, 2.75) is 36.4 Å². The van der Waals surface area contributed by atoms with E-state index < -0.39 is 6.10 Å². The Balaban J connectivity index is 2.29. The fraction of sp³-hybridized carbons (Fsp3) is 0.286. The largest absolute Gasteiger partial charge is 0.388 e. The molecule has 1 unspecified atom stereocenters. The first-order valence-corrected chi connectivity index (χ1v) is 6.77. The van der Waals surface area contributed by atoms with Crippen molar-refractivity contribution >= 4 is 11.8 Å². The molecule has 1 aromatic carbocycles. The molecule has 1 aromatic heterocycles. The Kier molecular flexibility index (Phi) is 4.33. The van der Waals surface area contributed by atoms with Crippen molar-refractivity contribution in [3.05, 3.63) is 47.8 Å². The van der Waals surface area contributed by atoms with E-state index in [1.807, 2.05) is 44.2 Å². The summed E-state index contributed by atoms with van der Waals surface area (Å²) in [5.41, 5.74) is 1.89. The first-order chi connectivity index (χ1) is 8.70. The molecule has 4 heteroatoms. The highest BCUT2D eigenvalue weighted by Crippen LogP contribution is 2.32. The zero-order valence-electron chi connectivity index (χ0n) is 10.5. The van der Waals surface area contributed by atoms with Crippen LogP contribution in [0.3, 0.4) is 0 Å². The zero-order chi connectivity index (χ0) is 13.0. The summed E-state index contributed by atoms with van der Waals surface area (Å²) in [6.45, 7) is 3.91. The van der Waals surface area contributed by atoms with Crippen LogP contribution in [0.5, 0.6) is 0 Å². The minimum absolute atomic E-state index is 0.432. The van der Waals surface area contributed by atoms with Gasteiger partial charge in [-0.3, -0.25) is 0 Å². The Morgan fingerprint density at radius 3 is 2.78 bits per heavy atom.